The lowest BCUT2D eigenvalue weighted by Gasteiger charge is -2.31. The van der Waals surface area contributed by atoms with Crippen molar-refractivity contribution in [3.05, 3.63) is 70.2 Å². The summed E-state index contributed by atoms with van der Waals surface area (Å²) in [5.74, 6) is 1.12. The van der Waals surface area contributed by atoms with E-state index in [0.29, 0.717) is 12.6 Å². The van der Waals surface area contributed by atoms with Gasteiger partial charge in [0, 0.05) is 35.5 Å². The molecule has 0 saturated carbocycles. The largest absolute Gasteiger partial charge is 0.325 e. The SMILES string of the molecule is Cc1ccccc1CN(CC(=O)N1CCSC1c1ccccc1Cl)C(C)C. The van der Waals surface area contributed by atoms with E-state index in [0.717, 1.165) is 29.4 Å². The van der Waals surface area contributed by atoms with E-state index in [1.807, 2.05) is 29.2 Å². The van der Waals surface area contributed by atoms with Gasteiger partial charge in [-0.2, -0.15) is 0 Å². The highest BCUT2D eigenvalue weighted by Gasteiger charge is 2.32. The van der Waals surface area contributed by atoms with Crippen LogP contribution in [0.1, 0.15) is 35.9 Å². The van der Waals surface area contributed by atoms with Gasteiger partial charge in [-0.25, -0.2) is 0 Å². The van der Waals surface area contributed by atoms with E-state index >= 15 is 0 Å². The van der Waals surface area contributed by atoms with Crippen molar-refractivity contribution in [2.45, 2.75) is 38.7 Å². The fourth-order valence-corrected chi connectivity index (χ4v) is 4.97. The van der Waals surface area contributed by atoms with Gasteiger partial charge in [0.25, 0.3) is 0 Å². The number of aryl methyl sites for hydroxylation is 1. The average Bonchev–Trinajstić information content (AvgIpc) is 3.12. The molecule has 27 heavy (non-hydrogen) atoms. The van der Waals surface area contributed by atoms with Crippen LogP contribution >= 0.6 is 23.4 Å². The first-order valence-electron chi connectivity index (χ1n) is 9.41. The van der Waals surface area contributed by atoms with Crippen molar-refractivity contribution < 1.29 is 4.79 Å². The van der Waals surface area contributed by atoms with Crippen LogP contribution in [0.3, 0.4) is 0 Å². The number of benzene rings is 2. The molecule has 1 heterocycles. The van der Waals surface area contributed by atoms with Crippen molar-refractivity contribution in [1.29, 1.82) is 0 Å². The fraction of sp³-hybridized carbons (Fsp3) is 0.409. The van der Waals surface area contributed by atoms with Crippen molar-refractivity contribution in [1.82, 2.24) is 9.80 Å². The molecular weight excluding hydrogens is 376 g/mol. The van der Waals surface area contributed by atoms with Crippen molar-refractivity contribution in [2.24, 2.45) is 0 Å². The molecule has 1 amide bonds. The second-order valence-corrected chi connectivity index (χ2v) is 8.85. The summed E-state index contributed by atoms with van der Waals surface area (Å²) < 4.78 is 0. The summed E-state index contributed by atoms with van der Waals surface area (Å²) in [7, 11) is 0. The fourth-order valence-electron chi connectivity index (χ4n) is 3.35. The summed E-state index contributed by atoms with van der Waals surface area (Å²) >= 11 is 8.18. The van der Waals surface area contributed by atoms with Gasteiger partial charge >= 0.3 is 0 Å². The van der Waals surface area contributed by atoms with Crippen molar-refractivity contribution >= 4 is 29.3 Å². The molecule has 144 valence electrons. The second kappa shape index (κ2) is 9.13. The molecule has 1 saturated heterocycles. The molecule has 0 spiro atoms. The molecule has 1 atom stereocenters. The number of hydrogen-bond donors (Lipinski definition) is 0. The molecule has 1 aliphatic rings. The van der Waals surface area contributed by atoms with Crippen LogP contribution in [0.15, 0.2) is 48.5 Å². The Hall–Kier alpha value is -1.49. The molecule has 0 bridgehead atoms. The van der Waals surface area contributed by atoms with Gasteiger partial charge in [-0.15, -0.1) is 11.8 Å². The van der Waals surface area contributed by atoms with Gasteiger partial charge in [0.15, 0.2) is 0 Å². The second-order valence-electron chi connectivity index (χ2n) is 7.26. The third-order valence-electron chi connectivity index (χ3n) is 5.09. The zero-order valence-corrected chi connectivity index (χ0v) is 17.8. The van der Waals surface area contributed by atoms with Crippen molar-refractivity contribution in [2.75, 3.05) is 18.8 Å². The molecule has 5 heteroatoms. The minimum atomic E-state index is 0.0127. The van der Waals surface area contributed by atoms with Gasteiger partial charge in [0.2, 0.25) is 5.91 Å². The van der Waals surface area contributed by atoms with Crippen LogP contribution in [0.4, 0.5) is 0 Å². The van der Waals surface area contributed by atoms with E-state index in [9.17, 15) is 4.79 Å². The molecule has 0 aliphatic carbocycles. The van der Waals surface area contributed by atoms with Gasteiger partial charge < -0.3 is 4.90 Å². The van der Waals surface area contributed by atoms with Crippen LogP contribution in [-0.2, 0) is 11.3 Å². The van der Waals surface area contributed by atoms with Crippen LogP contribution in [0.2, 0.25) is 5.02 Å². The maximum Gasteiger partial charge on any atom is 0.237 e. The smallest absolute Gasteiger partial charge is 0.237 e. The van der Waals surface area contributed by atoms with Gasteiger partial charge in [-0.05, 0) is 38.0 Å². The van der Waals surface area contributed by atoms with Crippen LogP contribution < -0.4 is 0 Å². The minimum absolute atomic E-state index is 0.0127. The first kappa shape index (κ1) is 20.2. The molecule has 1 aliphatic heterocycles. The molecule has 1 unspecified atom stereocenters. The normalized spacial score (nSPS) is 17.1. The summed E-state index contributed by atoms with van der Waals surface area (Å²) in [4.78, 5) is 17.4. The maximum atomic E-state index is 13.2. The van der Waals surface area contributed by atoms with E-state index < -0.39 is 0 Å². The third-order valence-corrected chi connectivity index (χ3v) is 6.67. The summed E-state index contributed by atoms with van der Waals surface area (Å²) in [6.07, 6.45) is 0. The summed E-state index contributed by atoms with van der Waals surface area (Å²) in [6, 6.07) is 16.5. The average molecular weight is 403 g/mol. The molecule has 1 fully saturated rings. The lowest BCUT2D eigenvalue weighted by atomic mass is 10.1. The Bertz CT molecular complexity index is 795. The number of nitrogens with zero attached hydrogens (tertiary/aromatic N) is 2. The Morgan fingerprint density at radius 2 is 1.93 bits per heavy atom. The molecule has 0 N–H and O–H groups in total. The van der Waals surface area contributed by atoms with E-state index in [4.69, 9.17) is 11.6 Å². The Kier molecular flexibility index (Phi) is 6.85. The highest BCUT2D eigenvalue weighted by atomic mass is 35.5. The number of carbonyl (C=O) groups excluding carboxylic acids is 1. The topological polar surface area (TPSA) is 23.6 Å². The number of carbonyl (C=O) groups is 1. The molecule has 2 aromatic carbocycles. The minimum Gasteiger partial charge on any atom is -0.325 e. The quantitative estimate of drug-likeness (QED) is 0.668. The lowest BCUT2D eigenvalue weighted by molar-refractivity contribution is -0.133. The highest BCUT2D eigenvalue weighted by molar-refractivity contribution is 7.99. The van der Waals surface area contributed by atoms with Crippen LogP contribution in [-0.4, -0.2) is 40.6 Å². The Labute approximate surface area is 171 Å². The zero-order chi connectivity index (χ0) is 19.4. The number of thioether (sulfide) groups is 1. The van der Waals surface area contributed by atoms with Crippen LogP contribution in [0.25, 0.3) is 0 Å². The van der Waals surface area contributed by atoms with Crippen molar-refractivity contribution in [3.8, 4) is 0 Å². The number of halogens is 1. The molecule has 2 aromatic rings. The Morgan fingerprint density at radius 3 is 2.63 bits per heavy atom. The number of hydrogen-bond acceptors (Lipinski definition) is 3. The van der Waals surface area contributed by atoms with Crippen molar-refractivity contribution in [3.63, 3.8) is 0 Å². The zero-order valence-electron chi connectivity index (χ0n) is 16.2. The number of amides is 1. The van der Waals surface area contributed by atoms with Gasteiger partial charge in [0.1, 0.15) is 5.37 Å². The molecule has 3 nitrogen and oxygen atoms in total. The molecule has 0 radical (unpaired) electrons. The van der Waals surface area contributed by atoms with E-state index in [1.54, 1.807) is 11.8 Å². The summed E-state index contributed by atoms with van der Waals surface area (Å²) in [5, 5.41) is 0.744. The van der Waals surface area contributed by atoms with Crippen LogP contribution in [0, 0.1) is 6.92 Å². The first-order valence-corrected chi connectivity index (χ1v) is 10.8. The van der Waals surface area contributed by atoms with E-state index in [2.05, 4.69) is 49.9 Å². The van der Waals surface area contributed by atoms with Gasteiger partial charge in [0.05, 0.1) is 6.54 Å². The van der Waals surface area contributed by atoms with Gasteiger partial charge in [-0.3, -0.25) is 9.69 Å². The highest BCUT2D eigenvalue weighted by Crippen LogP contribution is 2.40. The summed E-state index contributed by atoms with van der Waals surface area (Å²) in [5.41, 5.74) is 3.57. The lowest BCUT2D eigenvalue weighted by Crippen LogP contribution is -2.42. The monoisotopic (exact) mass is 402 g/mol. The third kappa shape index (κ3) is 4.87. The Balaban J connectivity index is 1.73. The van der Waals surface area contributed by atoms with E-state index in [1.165, 1.54) is 11.1 Å². The predicted octanol–water partition coefficient (Wildman–Crippen LogP) is 5.13. The van der Waals surface area contributed by atoms with Gasteiger partial charge in [-0.1, -0.05) is 54.1 Å². The molecule has 0 aromatic heterocycles. The van der Waals surface area contributed by atoms with E-state index in [-0.39, 0.29) is 11.3 Å². The predicted molar refractivity (Wildman–Crippen MR) is 115 cm³/mol. The molecular formula is C22H27ClN2OS. The number of rotatable bonds is 6. The summed E-state index contributed by atoms with van der Waals surface area (Å²) in [6.45, 7) is 8.41. The first-order chi connectivity index (χ1) is 13.0. The Morgan fingerprint density at radius 1 is 1.22 bits per heavy atom. The standard InChI is InChI=1S/C22H27ClN2OS/c1-16(2)24(14-18-9-5-4-8-17(18)3)15-21(26)25-12-13-27-22(25)19-10-6-7-11-20(19)23/h4-11,16,22H,12-15H2,1-3H3. The molecule has 3 rings (SSSR count). The van der Waals surface area contributed by atoms with Crippen LogP contribution in [0.5, 0.6) is 0 Å². The maximum absolute atomic E-state index is 13.2.